The summed E-state index contributed by atoms with van der Waals surface area (Å²) in [6.45, 7) is 6.21. The quantitative estimate of drug-likeness (QED) is 0.529. The number of anilines is 2. The molecule has 30 heavy (non-hydrogen) atoms. The summed E-state index contributed by atoms with van der Waals surface area (Å²) in [6.07, 6.45) is 1.81. The first-order valence-corrected chi connectivity index (χ1v) is 11.5. The zero-order chi connectivity index (χ0) is 21.9. The second-order valence-electron chi connectivity index (χ2n) is 7.85. The van der Waals surface area contributed by atoms with Crippen LogP contribution in [0.4, 0.5) is 17.1 Å². The topological polar surface area (TPSA) is 95.8 Å². The molecular formula is C21H28N4O4S. The zero-order valence-electron chi connectivity index (χ0n) is 17.5. The molecule has 1 fully saturated rings. The van der Waals surface area contributed by atoms with Crippen LogP contribution in [0.5, 0.6) is 0 Å². The largest absolute Gasteiger partial charge is 0.366 e. The summed E-state index contributed by atoms with van der Waals surface area (Å²) in [5.41, 5.74) is 0.625. The van der Waals surface area contributed by atoms with E-state index in [1.54, 1.807) is 30.3 Å². The number of nitrogens with one attached hydrogen (secondary N) is 1. The Morgan fingerprint density at radius 1 is 1.13 bits per heavy atom. The molecule has 162 valence electrons. The third-order valence-corrected chi connectivity index (χ3v) is 7.02. The van der Waals surface area contributed by atoms with E-state index in [9.17, 15) is 18.5 Å². The maximum Gasteiger partial charge on any atom is 0.293 e. The minimum atomic E-state index is -3.93. The predicted molar refractivity (Wildman–Crippen MR) is 118 cm³/mol. The van der Waals surface area contributed by atoms with Crippen molar-refractivity contribution in [1.29, 1.82) is 0 Å². The van der Waals surface area contributed by atoms with Crippen LogP contribution < -0.4 is 9.62 Å². The number of nitro benzene ring substituents is 1. The highest BCUT2D eigenvalue weighted by atomic mass is 32.2. The summed E-state index contributed by atoms with van der Waals surface area (Å²) in [7, 11) is -2.09. The van der Waals surface area contributed by atoms with Crippen molar-refractivity contribution >= 4 is 27.1 Å². The van der Waals surface area contributed by atoms with Gasteiger partial charge < -0.3 is 9.80 Å². The Balaban J connectivity index is 1.84. The molecule has 0 aliphatic carbocycles. The number of piperidine rings is 1. The molecule has 1 N–H and O–H groups in total. The van der Waals surface area contributed by atoms with E-state index in [1.807, 2.05) is 11.9 Å². The summed E-state index contributed by atoms with van der Waals surface area (Å²) < 4.78 is 27.9. The summed E-state index contributed by atoms with van der Waals surface area (Å²) in [5.74, 6) is 0. The van der Waals surface area contributed by atoms with Crippen LogP contribution >= 0.6 is 0 Å². The molecule has 9 heteroatoms. The summed E-state index contributed by atoms with van der Waals surface area (Å²) in [6, 6.07) is 13.2. The standard InChI is InChI=1S/C21H28N4O4S/c1-16(2)24-13-11-18(12-14-24)23(3)20-10-9-19(15-21(20)25(26)27)30(28,29)22-17-7-5-4-6-8-17/h4-10,15-16,18,22H,11-14H2,1-3H3. The molecule has 0 atom stereocenters. The lowest BCUT2D eigenvalue weighted by molar-refractivity contribution is -0.384. The second-order valence-corrected chi connectivity index (χ2v) is 9.53. The Bertz CT molecular complexity index is 987. The first-order valence-electron chi connectivity index (χ1n) is 10.0. The van der Waals surface area contributed by atoms with Crippen LogP contribution in [-0.4, -0.2) is 50.5 Å². The number of sulfonamides is 1. The highest BCUT2D eigenvalue weighted by Gasteiger charge is 2.29. The summed E-state index contributed by atoms with van der Waals surface area (Å²) >= 11 is 0. The van der Waals surface area contributed by atoms with Crippen LogP contribution in [0.1, 0.15) is 26.7 Å². The fourth-order valence-corrected chi connectivity index (χ4v) is 4.90. The van der Waals surface area contributed by atoms with Crippen LogP contribution in [0.15, 0.2) is 53.4 Å². The van der Waals surface area contributed by atoms with Gasteiger partial charge in [-0.15, -0.1) is 0 Å². The van der Waals surface area contributed by atoms with Gasteiger partial charge in [0, 0.05) is 44.0 Å². The molecule has 0 saturated carbocycles. The average Bonchev–Trinajstić information content (AvgIpc) is 2.73. The van der Waals surface area contributed by atoms with E-state index in [4.69, 9.17) is 0 Å². The predicted octanol–water partition coefficient (Wildman–Crippen LogP) is 3.70. The Hall–Kier alpha value is -2.65. The Morgan fingerprint density at radius 3 is 2.33 bits per heavy atom. The van der Waals surface area contributed by atoms with E-state index in [0.717, 1.165) is 32.0 Å². The summed E-state index contributed by atoms with van der Waals surface area (Å²) in [4.78, 5) is 15.4. The Kier molecular flexibility index (Phi) is 6.62. The molecule has 0 bridgehead atoms. The van der Waals surface area contributed by atoms with Gasteiger partial charge in [-0.05, 0) is 51.0 Å². The molecule has 0 amide bonds. The smallest absolute Gasteiger partial charge is 0.293 e. The fraction of sp³-hybridized carbons (Fsp3) is 0.429. The monoisotopic (exact) mass is 432 g/mol. The van der Waals surface area contributed by atoms with Crippen molar-refractivity contribution in [1.82, 2.24) is 4.90 Å². The van der Waals surface area contributed by atoms with Gasteiger partial charge in [0.05, 0.1) is 9.82 Å². The lowest BCUT2D eigenvalue weighted by atomic mass is 10.0. The Labute approximate surface area is 177 Å². The van der Waals surface area contributed by atoms with Crippen molar-refractivity contribution in [2.24, 2.45) is 0 Å². The highest BCUT2D eigenvalue weighted by Crippen LogP contribution is 2.33. The lowest BCUT2D eigenvalue weighted by Crippen LogP contribution is -2.45. The number of likely N-dealkylation sites (tertiary alicyclic amines) is 1. The highest BCUT2D eigenvalue weighted by molar-refractivity contribution is 7.92. The third kappa shape index (κ3) is 4.91. The number of rotatable bonds is 7. The van der Waals surface area contributed by atoms with Gasteiger partial charge in [0.15, 0.2) is 0 Å². The normalized spacial score (nSPS) is 15.9. The van der Waals surface area contributed by atoms with E-state index in [-0.39, 0.29) is 16.6 Å². The van der Waals surface area contributed by atoms with Crippen molar-refractivity contribution in [3.8, 4) is 0 Å². The first-order chi connectivity index (χ1) is 14.2. The first kappa shape index (κ1) is 22.0. The number of nitrogens with zero attached hydrogens (tertiary/aromatic N) is 3. The minimum Gasteiger partial charge on any atom is -0.366 e. The number of hydrogen-bond donors (Lipinski definition) is 1. The molecule has 0 aromatic heterocycles. The van der Waals surface area contributed by atoms with Gasteiger partial charge in [-0.1, -0.05) is 18.2 Å². The SMILES string of the molecule is CC(C)N1CCC(N(C)c2ccc(S(=O)(=O)Nc3ccccc3)cc2[N+](=O)[O-])CC1. The van der Waals surface area contributed by atoms with Gasteiger partial charge in [-0.3, -0.25) is 14.8 Å². The molecule has 1 heterocycles. The number of para-hydroxylation sites is 1. The van der Waals surface area contributed by atoms with Gasteiger partial charge in [0.25, 0.3) is 15.7 Å². The molecular weight excluding hydrogens is 404 g/mol. The van der Waals surface area contributed by atoms with E-state index in [1.165, 1.54) is 12.1 Å². The molecule has 0 unspecified atom stereocenters. The summed E-state index contributed by atoms with van der Waals surface area (Å²) in [5, 5.41) is 11.7. The van der Waals surface area contributed by atoms with Crippen LogP contribution in [0.2, 0.25) is 0 Å². The zero-order valence-corrected chi connectivity index (χ0v) is 18.3. The van der Waals surface area contributed by atoms with Crippen LogP contribution in [-0.2, 0) is 10.0 Å². The van der Waals surface area contributed by atoms with Crippen molar-refractivity contribution in [3.05, 3.63) is 58.6 Å². The van der Waals surface area contributed by atoms with Crippen molar-refractivity contribution in [3.63, 3.8) is 0 Å². The van der Waals surface area contributed by atoms with Crippen molar-refractivity contribution in [2.75, 3.05) is 29.8 Å². The van der Waals surface area contributed by atoms with Crippen LogP contribution in [0.25, 0.3) is 0 Å². The molecule has 1 aliphatic rings. The minimum absolute atomic E-state index is 0.134. The van der Waals surface area contributed by atoms with Crippen molar-refractivity contribution < 1.29 is 13.3 Å². The molecule has 3 rings (SSSR count). The molecule has 2 aromatic carbocycles. The van der Waals surface area contributed by atoms with Gasteiger partial charge in [-0.25, -0.2) is 8.42 Å². The van der Waals surface area contributed by atoms with Gasteiger partial charge >= 0.3 is 0 Å². The molecule has 8 nitrogen and oxygen atoms in total. The molecule has 0 spiro atoms. The maximum atomic E-state index is 12.7. The van der Waals surface area contributed by atoms with E-state index in [0.29, 0.717) is 17.4 Å². The van der Waals surface area contributed by atoms with Crippen molar-refractivity contribution in [2.45, 2.75) is 43.7 Å². The van der Waals surface area contributed by atoms with Gasteiger partial charge in [-0.2, -0.15) is 0 Å². The van der Waals surface area contributed by atoms with Gasteiger partial charge in [0.1, 0.15) is 5.69 Å². The van der Waals surface area contributed by atoms with E-state index < -0.39 is 14.9 Å². The number of hydrogen-bond acceptors (Lipinski definition) is 6. The molecule has 2 aromatic rings. The number of benzene rings is 2. The maximum absolute atomic E-state index is 12.7. The van der Waals surface area contributed by atoms with Gasteiger partial charge in [0.2, 0.25) is 0 Å². The van der Waals surface area contributed by atoms with Crippen LogP contribution in [0.3, 0.4) is 0 Å². The lowest BCUT2D eigenvalue weighted by Gasteiger charge is -2.39. The molecule has 1 aliphatic heterocycles. The average molecular weight is 433 g/mol. The second kappa shape index (κ2) is 9.01. The fourth-order valence-electron chi connectivity index (χ4n) is 3.82. The molecule has 0 radical (unpaired) electrons. The van der Waals surface area contributed by atoms with E-state index >= 15 is 0 Å². The number of nitro groups is 1. The van der Waals surface area contributed by atoms with Crippen LogP contribution in [0, 0.1) is 10.1 Å². The molecule has 1 saturated heterocycles. The van der Waals surface area contributed by atoms with E-state index in [2.05, 4.69) is 23.5 Å². The third-order valence-electron chi connectivity index (χ3n) is 5.64. The Morgan fingerprint density at radius 2 is 1.77 bits per heavy atom.